The summed E-state index contributed by atoms with van der Waals surface area (Å²) in [6, 6.07) is 5.27. The molecule has 1 aromatic heterocycles. The van der Waals surface area contributed by atoms with Crippen molar-refractivity contribution in [2.75, 3.05) is 32.7 Å². The molecule has 0 radical (unpaired) electrons. The van der Waals surface area contributed by atoms with E-state index in [0.717, 1.165) is 30.5 Å². The van der Waals surface area contributed by atoms with Gasteiger partial charge in [-0.1, -0.05) is 18.5 Å². The fourth-order valence-electron chi connectivity index (χ4n) is 3.07. The summed E-state index contributed by atoms with van der Waals surface area (Å²) in [6.07, 6.45) is 1.64. The minimum atomic E-state index is -0.118. The van der Waals surface area contributed by atoms with Crippen LogP contribution >= 0.6 is 11.6 Å². The Bertz CT molecular complexity index is 761. The number of hydrogen-bond donors (Lipinski definition) is 0. The minimum Gasteiger partial charge on any atom is -0.336 e. The molecule has 1 aliphatic heterocycles. The zero-order chi connectivity index (χ0) is 16.6. The average Bonchev–Trinajstić information content (AvgIpc) is 2.93. The second kappa shape index (κ2) is 6.34. The van der Waals surface area contributed by atoms with E-state index in [1.54, 1.807) is 24.4 Å². The molecule has 5 nitrogen and oxygen atoms in total. The Kier molecular flexibility index (Phi) is 4.41. The Balaban J connectivity index is 1.97. The van der Waals surface area contributed by atoms with Gasteiger partial charge in [-0.3, -0.25) is 14.2 Å². The predicted molar refractivity (Wildman–Crippen MR) is 91.3 cm³/mol. The van der Waals surface area contributed by atoms with Crippen molar-refractivity contribution in [3.05, 3.63) is 35.0 Å². The van der Waals surface area contributed by atoms with Crippen molar-refractivity contribution in [1.29, 1.82) is 0 Å². The van der Waals surface area contributed by atoms with E-state index in [-0.39, 0.29) is 11.8 Å². The number of benzene rings is 1. The lowest BCUT2D eigenvalue weighted by atomic mass is 10.1. The number of rotatable bonds is 2. The topological polar surface area (TPSA) is 45.5 Å². The molecule has 23 heavy (non-hydrogen) atoms. The molecule has 1 aliphatic rings. The Morgan fingerprint density at radius 2 is 1.87 bits per heavy atom. The quantitative estimate of drug-likeness (QED) is 0.849. The third-order valence-corrected chi connectivity index (χ3v) is 4.68. The van der Waals surface area contributed by atoms with Crippen molar-refractivity contribution in [1.82, 2.24) is 14.4 Å². The fraction of sp³-hybridized carbons (Fsp3) is 0.412. The molecule has 0 spiro atoms. The largest absolute Gasteiger partial charge is 0.336 e. The summed E-state index contributed by atoms with van der Waals surface area (Å²) in [7, 11) is 0. The maximum absolute atomic E-state index is 12.9. The van der Waals surface area contributed by atoms with Crippen LogP contribution in [0.25, 0.3) is 10.9 Å². The van der Waals surface area contributed by atoms with Crippen LogP contribution in [0, 0.1) is 0 Å². The average molecular weight is 334 g/mol. The first kappa shape index (κ1) is 16.0. The number of fused-ring (bicyclic) bond motifs is 1. The molecule has 0 saturated carbocycles. The van der Waals surface area contributed by atoms with Gasteiger partial charge in [-0.25, -0.2) is 0 Å². The maximum Gasteiger partial charge on any atom is 0.256 e. The van der Waals surface area contributed by atoms with Gasteiger partial charge < -0.3 is 9.80 Å². The number of piperazine rings is 1. The summed E-state index contributed by atoms with van der Waals surface area (Å²) in [6.45, 7) is 7.80. The SMILES string of the molecule is CCN1CCN(C(=O)c2cn(C(C)=O)c3ccc(Cl)cc23)CC1. The first-order chi connectivity index (χ1) is 11.0. The van der Waals surface area contributed by atoms with E-state index >= 15 is 0 Å². The predicted octanol–water partition coefficient (Wildman–Crippen LogP) is 2.73. The van der Waals surface area contributed by atoms with Gasteiger partial charge in [-0.05, 0) is 24.7 Å². The van der Waals surface area contributed by atoms with Gasteiger partial charge in [-0.15, -0.1) is 0 Å². The Labute approximate surface area is 140 Å². The van der Waals surface area contributed by atoms with Gasteiger partial charge in [0.2, 0.25) is 5.91 Å². The molecule has 2 heterocycles. The molecule has 0 unspecified atom stereocenters. The summed E-state index contributed by atoms with van der Waals surface area (Å²) in [5.41, 5.74) is 1.26. The van der Waals surface area contributed by atoms with Gasteiger partial charge in [0.05, 0.1) is 11.1 Å². The maximum atomic E-state index is 12.9. The van der Waals surface area contributed by atoms with Gasteiger partial charge in [0.1, 0.15) is 0 Å². The first-order valence-electron chi connectivity index (χ1n) is 7.84. The number of hydrogen-bond acceptors (Lipinski definition) is 3. The van der Waals surface area contributed by atoms with Crippen LogP contribution in [0.5, 0.6) is 0 Å². The second-order valence-corrected chi connectivity index (χ2v) is 6.26. The molecular weight excluding hydrogens is 314 g/mol. The molecule has 0 N–H and O–H groups in total. The Morgan fingerprint density at radius 1 is 1.17 bits per heavy atom. The van der Waals surface area contributed by atoms with Crippen LogP contribution in [-0.2, 0) is 0 Å². The van der Waals surface area contributed by atoms with Crippen molar-refractivity contribution in [2.24, 2.45) is 0 Å². The van der Waals surface area contributed by atoms with Gasteiger partial charge in [0, 0.05) is 49.7 Å². The van der Waals surface area contributed by atoms with E-state index in [2.05, 4.69) is 11.8 Å². The smallest absolute Gasteiger partial charge is 0.256 e. The molecule has 1 fully saturated rings. The highest BCUT2D eigenvalue weighted by molar-refractivity contribution is 6.31. The lowest BCUT2D eigenvalue weighted by molar-refractivity contribution is 0.0645. The van der Waals surface area contributed by atoms with Crippen LogP contribution in [0.2, 0.25) is 5.02 Å². The standard InChI is InChI=1S/C17H20ClN3O2/c1-3-19-6-8-20(9-7-19)17(23)15-11-21(12(2)22)16-5-4-13(18)10-14(15)16/h4-5,10-11H,3,6-9H2,1-2H3. The first-order valence-corrected chi connectivity index (χ1v) is 8.22. The summed E-state index contributed by atoms with van der Waals surface area (Å²) in [4.78, 5) is 28.9. The number of carbonyl (C=O) groups excluding carboxylic acids is 2. The van der Waals surface area contributed by atoms with Crippen LogP contribution in [0.1, 0.15) is 29.0 Å². The number of likely N-dealkylation sites (N-methyl/N-ethyl adjacent to an activating group) is 1. The monoisotopic (exact) mass is 333 g/mol. The number of amides is 1. The van der Waals surface area contributed by atoms with Gasteiger partial charge in [0.25, 0.3) is 5.91 Å². The fourth-order valence-corrected chi connectivity index (χ4v) is 3.24. The normalized spacial score (nSPS) is 16.0. The van der Waals surface area contributed by atoms with Crippen molar-refractivity contribution >= 4 is 34.3 Å². The molecule has 1 amide bonds. The molecule has 2 aromatic rings. The van der Waals surface area contributed by atoms with Crippen LogP contribution in [0.3, 0.4) is 0 Å². The highest BCUT2D eigenvalue weighted by Gasteiger charge is 2.25. The lowest BCUT2D eigenvalue weighted by Crippen LogP contribution is -2.48. The van der Waals surface area contributed by atoms with Crippen molar-refractivity contribution in [3.63, 3.8) is 0 Å². The highest BCUT2D eigenvalue weighted by atomic mass is 35.5. The van der Waals surface area contributed by atoms with Gasteiger partial charge in [0.15, 0.2) is 0 Å². The summed E-state index contributed by atoms with van der Waals surface area (Å²) < 4.78 is 1.52. The third kappa shape index (κ3) is 2.99. The minimum absolute atomic E-state index is 0.0342. The Morgan fingerprint density at radius 3 is 2.48 bits per heavy atom. The van der Waals surface area contributed by atoms with Gasteiger partial charge in [-0.2, -0.15) is 0 Å². The van der Waals surface area contributed by atoms with Crippen LogP contribution in [0.4, 0.5) is 0 Å². The van der Waals surface area contributed by atoms with E-state index in [4.69, 9.17) is 11.6 Å². The van der Waals surface area contributed by atoms with Crippen molar-refractivity contribution in [2.45, 2.75) is 13.8 Å². The van der Waals surface area contributed by atoms with E-state index in [1.807, 2.05) is 4.90 Å². The summed E-state index contributed by atoms with van der Waals surface area (Å²) >= 11 is 6.08. The number of nitrogens with zero attached hydrogens (tertiary/aromatic N) is 3. The Hall–Kier alpha value is -1.85. The molecule has 1 aromatic carbocycles. The van der Waals surface area contributed by atoms with Crippen LogP contribution < -0.4 is 0 Å². The van der Waals surface area contributed by atoms with E-state index in [0.29, 0.717) is 23.7 Å². The number of carbonyl (C=O) groups is 2. The number of halogens is 1. The summed E-state index contributed by atoms with van der Waals surface area (Å²) in [5, 5.41) is 1.29. The van der Waals surface area contributed by atoms with Gasteiger partial charge >= 0.3 is 0 Å². The van der Waals surface area contributed by atoms with Crippen LogP contribution in [0.15, 0.2) is 24.4 Å². The molecule has 0 atom stereocenters. The number of aromatic nitrogens is 1. The third-order valence-electron chi connectivity index (χ3n) is 4.44. The zero-order valence-electron chi connectivity index (χ0n) is 13.4. The summed E-state index contributed by atoms with van der Waals surface area (Å²) in [5.74, 6) is -0.153. The van der Waals surface area contributed by atoms with E-state index < -0.39 is 0 Å². The lowest BCUT2D eigenvalue weighted by Gasteiger charge is -2.34. The molecule has 3 rings (SSSR count). The van der Waals surface area contributed by atoms with Crippen molar-refractivity contribution in [3.8, 4) is 0 Å². The molecular formula is C17H20ClN3O2. The highest BCUT2D eigenvalue weighted by Crippen LogP contribution is 2.26. The van der Waals surface area contributed by atoms with E-state index in [9.17, 15) is 9.59 Å². The molecule has 1 saturated heterocycles. The van der Waals surface area contributed by atoms with Crippen molar-refractivity contribution < 1.29 is 9.59 Å². The van der Waals surface area contributed by atoms with E-state index in [1.165, 1.54) is 11.5 Å². The molecule has 0 aliphatic carbocycles. The molecule has 122 valence electrons. The second-order valence-electron chi connectivity index (χ2n) is 5.82. The molecule has 0 bridgehead atoms. The zero-order valence-corrected chi connectivity index (χ0v) is 14.1. The van der Waals surface area contributed by atoms with Crippen LogP contribution in [-0.4, -0.2) is 58.9 Å². The molecule has 6 heteroatoms.